The number of hydrogen-bond donors (Lipinski definition) is 1. The Labute approximate surface area is 170 Å². The molecule has 0 unspecified atom stereocenters. The molecule has 154 valence electrons. The first kappa shape index (κ1) is 21.1. The van der Waals surface area contributed by atoms with Gasteiger partial charge in [-0.15, -0.1) is 0 Å². The number of aromatic nitrogens is 1. The Bertz CT molecular complexity index is 1170. The molecule has 0 amide bonds. The molecule has 0 aliphatic heterocycles. The largest absolute Gasteiger partial charge is 0.417 e. The monoisotopic (exact) mass is 413 g/mol. The van der Waals surface area contributed by atoms with Crippen LogP contribution >= 0.6 is 0 Å². The summed E-state index contributed by atoms with van der Waals surface area (Å²) >= 11 is 0. The molecule has 0 fully saturated rings. The number of hydrogen-bond acceptors (Lipinski definition) is 4. The standard InChI is InChI=1S/C22H18F3N3O2/c1-14-4-3-5-16(10-14)20-11-19(22(23,24)25)18(12-26)21(29)28(20)13-15-6-8-17(9-7-15)27(2)30/h3-11,30H,13H2,1-2H3. The molecular weight excluding hydrogens is 395 g/mol. The summed E-state index contributed by atoms with van der Waals surface area (Å²) in [5, 5.41) is 19.7. The van der Waals surface area contributed by atoms with E-state index in [1.165, 1.54) is 17.7 Å². The van der Waals surface area contributed by atoms with Gasteiger partial charge >= 0.3 is 6.18 Å². The molecule has 1 N–H and O–H groups in total. The minimum Gasteiger partial charge on any atom is -0.303 e. The van der Waals surface area contributed by atoms with Crippen molar-refractivity contribution in [3.63, 3.8) is 0 Å². The third-order valence-electron chi connectivity index (χ3n) is 4.68. The number of anilines is 1. The van der Waals surface area contributed by atoms with E-state index in [9.17, 15) is 28.4 Å². The second-order valence-corrected chi connectivity index (χ2v) is 6.88. The Balaban J connectivity index is 2.24. The second kappa shape index (κ2) is 8.05. The van der Waals surface area contributed by atoms with Crippen LogP contribution in [0.25, 0.3) is 11.3 Å². The third-order valence-corrected chi connectivity index (χ3v) is 4.68. The highest BCUT2D eigenvalue weighted by molar-refractivity contribution is 5.63. The van der Waals surface area contributed by atoms with Crippen LogP contribution in [0.3, 0.4) is 0 Å². The summed E-state index contributed by atoms with van der Waals surface area (Å²) in [4.78, 5) is 12.9. The minimum absolute atomic E-state index is 0.0374. The Hall–Kier alpha value is -3.57. The van der Waals surface area contributed by atoms with Gasteiger partial charge in [-0.1, -0.05) is 35.9 Å². The van der Waals surface area contributed by atoms with Crippen molar-refractivity contribution in [1.82, 2.24) is 4.57 Å². The lowest BCUT2D eigenvalue weighted by Crippen LogP contribution is -2.28. The molecule has 0 bridgehead atoms. The lowest BCUT2D eigenvalue weighted by Gasteiger charge is -2.18. The highest BCUT2D eigenvalue weighted by atomic mass is 19.4. The fourth-order valence-electron chi connectivity index (χ4n) is 3.18. The zero-order valence-electron chi connectivity index (χ0n) is 16.2. The van der Waals surface area contributed by atoms with Crippen molar-refractivity contribution in [2.45, 2.75) is 19.6 Å². The summed E-state index contributed by atoms with van der Waals surface area (Å²) in [5.74, 6) is 0. The molecule has 0 aliphatic rings. The molecule has 0 radical (unpaired) electrons. The number of rotatable bonds is 4. The van der Waals surface area contributed by atoms with Crippen LogP contribution in [0.1, 0.15) is 22.3 Å². The van der Waals surface area contributed by atoms with Crippen LogP contribution in [0.15, 0.2) is 59.4 Å². The number of alkyl halides is 3. The minimum atomic E-state index is -4.84. The van der Waals surface area contributed by atoms with E-state index in [0.717, 1.165) is 16.7 Å². The van der Waals surface area contributed by atoms with Crippen molar-refractivity contribution in [3.05, 3.63) is 87.2 Å². The fourth-order valence-corrected chi connectivity index (χ4v) is 3.18. The van der Waals surface area contributed by atoms with Gasteiger partial charge in [0, 0.05) is 7.05 Å². The molecular formula is C22H18F3N3O2. The lowest BCUT2D eigenvalue weighted by atomic mass is 10.0. The number of halogens is 3. The van der Waals surface area contributed by atoms with E-state index in [-0.39, 0.29) is 12.2 Å². The quantitative estimate of drug-likeness (QED) is 0.636. The summed E-state index contributed by atoms with van der Waals surface area (Å²) in [7, 11) is 1.45. The summed E-state index contributed by atoms with van der Waals surface area (Å²) in [6.07, 6.45) is -4.84. The zero-order chi connectivity index (χ0) is 22.1. The summed E-state index contributed by atoms with van der Waals surface area (Å²) in [6.45, 7) is 1.76. The normalized spacial score (nSPS) is 11.2. The molecule has 0 atom stereocenters. The van der Waals surface area contributed by atoms with Gasteiger partial charge in [0.25, 0.3) is 5.56 Å². The summed E-state index contributed by atoms with van der Waals surface area (Å²) in [5.41, 5.74) is -0.736. The van der Waals surface area contributed by atoms with Gasteiger partial charge in [0.15, 0.2) is 0 Å². The number of nitrogens with zero attached hydrogens (tertiary/aromatic N) is 3. The van der Waals surface area contributed by atoms with Crippen LogP contribution in [0, 0.1) is 18.3 Å². The summed E-state index contributed by atoms with van der Waals surface area (Å²) in [6, 6.07) is 15.6. The van der Waals surface area contributed by atoms with Gasteiger partial charge in [-0.25, -0.2) is 0 Å². The van der Waals surface area contributed by atoms with Crippen LogP contribution < -0.4 is 10.6 Å². The molecule has 30 heavy (non-hydrogen) atoms. The van der Waals surface area contributed by atoms with Crippen molar-refractivity contribution in [1.29, 1.82) is 5.26 Å². The number of nitriles is 1. The number of pyridine rings is 1. The maximum absolute atomic E-state index is 13.5. The highest BCUT2D eigenvalue weighted by Crippen LogP contribution is 2.34. The third kappa shape index (κ3) is 4.21. The van der Waals surface area contributed by atoms with Crippen molar-refractivity contribution < 1.29 is 18.4 Å². The topological polar surface area (TPSA) is 69.3 Å². The Morgan fingerprint density at radius 1 is 1.13 bits per heavy atom. The molecule has 2 aromatic carbocycles. The Morgan fingerprint density at radius 3 is 2.33 bits per heavy atom. The highest BCUT2D eigenvalue weighted by Gasteiger charge is 2.36. The van der Waals surface area contributed by atoms with Crippen molar-refractivity contribution in [3.8, 4) is 17.3 Å². The SMILES string of the molecule is Cc1cccc(-c2cc(C(F)(F)F)c(C#N)c(=O)n2Cc2ccc(N(C)O)cc2)c1. The maximum atomic E-state index is 13.5. The van der Waals surface area contributed by atoms with Crippen LogP contribution in [0.5, 0.6) is 0 Å². The predicted octanol–water partition coefficient (Wildman–Crippen LogP) is 4.59. The lowest BCUT2D eigenvalue weighted by molar-refractivity contribution is -0.137. The first-order valence-corrected chi connectivity index (χ1v) is 8.95. The molecule has 0 saturated carbocycles. The van der Waals surface area contributed by atoms with Crippen molar-refractivity contribution >= 4 is 5.69 Å². The molecule has 1 aromatic heterocycles. The molecule has 0 saturated heterocycles. The molecule has 3 rings (SSSR count). The number of hydroxylamine groups is 1. The van der Waals surface area contributed by atoms with Crippen molar-refractivity contribution in [2.24, 2.45) is 0 Å². The van der Waals surface area contributed by atoms with Gasteiger partial charge in [0.1, 0.15) is 11.6 Å². The van der Waals surface area contributed by atoms with Gasteiger partial charge in [-0.3, -0.25) is 15.1 Å². The summed E-state index contributed by atoms with van der Waals surface area (Å²) < 4.78 is 41.8. The van der Waals surface area contributed by atoms with E-state index in [1.807, 2.05) is 0 Å². The molecule has 0 spiro atoms. The van der Waals surface area contributed by atoms with E-state index >= 15 is 0 Å². The average molecular weight is 413 g/mol. The molecule has 8 heteroatoms. The van der Waals surface area contributed by atoms with Gasteiger partial charge < -0.3 is 4.57 Å². The van der Waals surface area contributed by atoms with Crippen LogP contribution in [0.4, 0.5) is 18.9 Å². The Kier molecular flexibility index (Phi) is 5.67. The molecule has 1 heterocycles. The number of aryl methyl sites for hydroxylation is 1. The van der Waals surface area contributed by atoms with Crippen LogP contribution in [-0.2, 0) is 12.7 Å². The van der Waals surface area contributed by atoms with Crippen molar-refractivity contribution in [2.75, 3.05) is 12.1 Å². The van der Waals surface area contributed by atoms with E-state index in [1.54, 1.807) is 55.5 Å². The fraction of sp³-hybridized carbons (Fsp3) is 0.182. The predicted molar refractivity (Wildman–Crippen MR) is 106 cm³/mol. The van der Waals surface area contributed by atoms with Crippen LogP contribution in [-0.4, -0.2) is 16.8 Å². The first-order chi connectivity index (χ1) is 14.1. The van der Waals surface area contributed by atoms with E-state index in [2.05, 4.69) is 0 Å². The van der Waals surface area contributed by atoms with Crippen LogP contribution in [0.2, 0.25) is 0 Å². The molecule has 0 aliphatic carbocycles. The number of benzene rings is 2. The maximum Gasteiger partial charge on any atom is 0.417 e. The van der Waals surface area contributed by atoms with E-state index in [0.29, 0.717) is 16.8 Å². The first-order valence-electron chi connectivity index (χ1n) is 8.95. The second-order valence-electron chi connectivity index (χ2n) is 6.88. The molecule has 5 nitrogen and oxygen atoms in total. The van der Waals surface area contributed by atoms with E-state index < -0.39 is 22.9 Å². The van der Waals surface area contributed by atoms with E-state index in [4.69, 9.17) is 0 Å². The average Bonchev–Trinajstić information content (AvgIpc) is 2.68. The van der Waals surface area contributed by atoms with Gasteiger partial charge in [0.2, 0.25) is 0 Å². The van der Waals surface area contributed by atoms with Gasteiger partial charge in [-0.05, 0) is 42.3 Å². The van der Waals surface area contributed by atoms with Gasteiger partial charge in [0.05, 0.1) is 23.5 Å². The molecule has 3 aromatic rings. The Morgan fingerprint density at radius 2 is 1.80 bits per heavy atom. The smallest absolute Gasteiger partial charge is 0.303 e. The zero-order valence-corrected chi connectivity index (χ0v) is 16.2. The van der Waals surface area contributed by atoms with Gasteiger partial charge in [-0.2, -0.15) is 18.4 Å².